The molecule has 0 bridgehead atoms. The van der Waals surface area contributed by atoms with Gasteiger partial charge in [0.1, 0.15) is 0 Å². The van der Waals surface area contributed by atoms with Crippen molar-refractivity contribution < 1.29 is 4.79 Å². The first-order valence-corrected chi connectivity index (χ1v) is 8.27. The summed E-state index contributed by atoms with van der Waals surface area (Å²) >= 11 is 0. The van der Waals surface area contributed by atoms with Gasteiger partial charge in [0.15, 0.2) is 0 Å². The van der Waals surface area contributed by atoms with Crippen molar-refractivity contribution in [2.45, 2.75) is 70.4 Å². The molecule has 0 spiro atoms. The number of carbonyl (C=O) groups is 1. The van der Waals surface area contributed by atoms with E-state index in [4.69, 9.17) is 0 Å². The molecule has 3 aliphatic rings. The molecule has 2 aliphatic heterocycles. The smallest absolute Gasteiger partial charge is 0.223 e. The van der Waals surface area contributed by atoms with Crippen molar-refractivity contribution in [1.82, 2.24) is 10.2 Å². The number of rotatable bonds is 3. The molecule has 1 aliphatic carbocycles. The molecule has 0 radical (unpaired) electrons. The van der Waals surface area contributed by atoms with Crippen LogP contribution in [-0.4, -0.2) is 36.0 Å². The van der Waals surface area contributed by atoms with Crippen molar-refractivity contribution in [3.63, 3.8) is 0 Å². The Morgan fingerprint density at radius 3 is 2.89 bits per heavy atom. The summed E-state index contributed by atoms with van der Waals surface area (Å²) in [6.45, 7) is 4.52. The number of nitrogens with one attached hydrogen (secondary N) is 1. The van der Waals surface area contributed by atoms with E-state index in [-0.39, 0.29) is 0 Å². The first kappa shape index (κ1) is 13.4. The van der Waals surface area contributed by atoms with E-state index in [2.05, 4.69) is 17.1 Å². The number of fused-ring (bicyclic) bond motifs is 1. The fourth-order valence-corrected chi connectivity index (χ4v) is 4.56. The molecule has 4 unspecified atom stereocenters. The van der Waals surface area contributed by atoms with Gasteiger partial charge < -0.3 is 10.2 Å². The lowest BCUT2D eigenvalue weighted by molar-refractivity contribution is -0.134. The third kappa shape index (κ3) is 2.81. The number of nitrogens with zero attached hydrogens (tertiary/aromatic N) is 1. The second kappa shape index (κ2) is 5.82. The Morgan fingerprint density at radius 1 is 1.26 bits per heavy atom. The lowest BCUT2D eigenvalue weighted by Gasteiger charge is -2.33. The van der Waals surface area contributed by atoms with Crippen LogP contribution in [0.1, 0.15) is 58.3 Å². The van der Waals surface area contributed by atoms with Gasteiger partial charge in [-0.2, -0.15) is 0 Å². The highest BCUT2D eigenvalue weighted by molar-refractivity contribution is 5.77. The molecule has 0 aromatic carbocycles. The Morgan fingerprint density at radius 2 is 2.11 bits per heavy atom. The highest BCUT2D eigenvalue weighted by Crippen LogP contribution is 2.40. The maximum Gasteiger partial charge on any atom is 0.223 e. The van der Waals surface area contributed by atoms with Crippen molar-refractivity contribution in [3.8, 4) is 0 Å². The summed E-state index contributed by atoms with van der Waals surface area (Å²) in [5.41, 5.74) is 0. The van der Waals surface area contributed by atoms with Crippen molar-refractivity contribution in [1.29, 1.82) is 0 Å². The van der Waals surface area contributed by atoms with Gasteiger partial charge in [0.2, 0.25) is 5.91 Å². The molecule has 3 rings (SSSR count). The van der Waals surface area contributed by atoms with Crippen LogP contribution in [0.25, 0.3) is 0 Å². The summed E-state index contributed by atoms with van der Waals surface area (Å²) in [5, 5.41) is 3.39. The second-order valence-electron chi connectivity index (χ2n) is 6.90. The Bertz CT molecular complexity index is 325. The standard InChI is InChI=1S/C16H28N2O/c1-12-10-14-4-2-3-5-15(14)18(12)16(19)7-6-13-8-9-17-11-13/h12-15,17H,2-11H2,1H3. The first-order chi connectivity index (χ1) is 9.25. The van der Waals surface area contributed by atoms with E-state index in [1.54, 1.807) is 0 Å². The molecular formula is C16H28N2O. The van der Waals surface area contributed by atoms with Gasteiger partial charge >= 0.3 is 0 Å². The molecule has 0 aromatic heterocycles. The summed E-state index contributed by atoms with van der Waals surface area (Å²) in [6.07, 6.45) is 9.69. The van der Waals surface area contributed by atoms with Crippen LogP contribution in [-0.2, 0) is 4.79 Å². The van der Waals surface area contributed by atoms with E-state index in [0.29, 0.717) is 18.0 Å². The van der Waals surface area contributed by atoms with Gasteiger partial charge in [-0.15, -0.1) is 0 Å². The minimum Gasteiger partial charge on any atom is -0.337 e. The van der Waals surface area contributed by atoms with Crippen LogP contribution in [0.3, 0.4) is 0 Å². The zero-order chi connectivity index (χ0) is 13.2. The average Bonchev–Trinajstić information content (AvgIpc) is 3.02. The molecule has 3 heteroatoms. The largest absolute Gasteiger partial charge is 0.337 e. The quantitative estimate of drug-likeness (QED) is 0.849. The molecular weight excluding hydrogens is 236 g/mol. The molecule has 2 saturated heterocycles. The number of hydrogen-bond donors (Lipinski definition) is 1. The number of hydrogen-bond acceptors (Lipinski definition) is 2. The normalized spacial score (nSPS) is 38.5. The molecule has 3 fully saturated rings. The summed E-state index contributed by atoms with van der Waals surface area (Å²) in [4.78, 5) is 14.8. The Labute approximate surface area is 117 Å². The van der Waals surface area contributed by atoms with Crippen molar-refractivity contribution in [3.05, 3.63) is 0 Å². The van der Waals surface area contributed by atoms with Gasteiger partial charge in [-0.25, -0.2) is 0 Å². The van der Waals surface area contributed by atoms with Crippen LogP contribution in [0, 0.1) is 11.8 Å². The Balaban J connectivity index is 1.55. The average molecular weight is 264 g/mol. The molecule has 3 nitrogen and oxygen atoms in total. The van der Waals surface area contributed by atoms with Crippen LogP contribution >= 0.6 is 0 Å². The number of amides is 1. The monoisotopic (exact) mass is 264 g/mol. The fourth-order valence-electron chi connectivity index (χ4n) is 4.56. The molecule has 0 aromatic rings. The summed E-state index contributed by atoms with van der Waals surface area (Å²) in [7, 11) is 0. The summed E-state index contributed by atoms with van der Waals surface area (Å²) in [6, 6.07) is 1.07. The van der Waals surface area contributed by atoms with E-state index >= 15 is 0 Å². The van der Waals surface area contributed by atoms with Gasteiger partial charge in [0.05, 0.1) is 0 Å². The molecule has 2 heterocycles. The minimum absolute atomic E-state index is 0.439. The maximum absolute atomic E-state index is 12.6. The van der Waals surface area contributed by atoms with Crippen LogP contribution in [0.2, 0.25) is 0 Å². The highest BCUT2D eigenvalue weighted by atomic mass is 16.2. The molecule has 1 N–H and O–H groups in total. The van der Waals surface area contributed by atoms with E-state index in [1.807, 2.05) is 0 Å². The molecule has 19 heavy (non-hydrogen) atoms. The zero-order valence-electron chi connectivity index (χ0n) is 12.2. The van der Waals surface area contributed by atoms with Crippen molar-refractivity contribution in [2.24, 2.45) is 11.8 Å². The Kier molecular flexibility index (Phi) is 4.11. The van der Waals surface area contributed by atoms with Crippen molar-refractivity contribution >= 4 is 5.91 Å². The van der Waals surface area contributed by atoms with Gasteiger partial charge in [0.25, 0.3) is 0 Å². The Hall–Kier alpha value is -0.570. The molecule has 108 valence electrons. The predicted molar refractivity (Wildman–Crippen MR) is 76.9 cm³/mol. The molecule has 4 atom stereocenters. The fraction of sp³-hybridized carbons (Fsp3) is 0.938. The number of carbonyl (C=O) groups excluding carboxylic acids is 1. The van der Waals surface area contributed by atoms with E-state index in [0.717, 1.165) is 37.8 Å². The van der Waals surface area contributed by atoms with E-state index in [9.17, 15) is 4.79 Å². The third-order valence-electron chi connectivity index (χ3n) is 5.56. The lowest BCUT2D eigenvalue weighted by Crippen LogP contribution is -2.42. The second-order valence-corrected chi connectivity index (χ2v) is 6.90. The SMILES string of the molecule is CC1CC2CCCCC2N1C(=O)CCC1CCNC1. The lowest BCUT2D eigenvalue weighted by atomic mass is 9.85. The van der Waals surface area contributed by atoms with Crippen LogP contribution in [0.15, 0.2) is 0 Å². The summed E-state index contributed by atoms with van der Waals surface area (Å²) in [5.74, 6) is 1.98. The predicted octanol–water partition coefficient (Wildman–Crippen LogP) is 2.56. The highest BCUT2D eigenvalue weighted by Gasteiger charge is 2.42. The zero-order valence-corrected chi connectivity index (χ0v) is 12.2. The van der Waals surface area contributed by atoms with E-state index < -0.39 is 0 Å². The van der Waals surface area contributed by atoms with Crippen LogP contribution < -0.4 is 5.32 Å². The van der Waals surface area contributed by atoms with Gasteiger partial charge in [-0.05, 0) is 64.0 Å². The van der Waals surface area contributed by atoms with E-state index in [1.165, 1.54) is 38.5 Å². The topological polar surface area (TPSA) is 32.3 Å². The first-order valence-electron chi connectivity index (χ1n) is 8.27. The third-order valence-corrected chi connectivity index (χ3v) is 5.56. The van der Waals surface area contributed by atoms with Gasteiger partial charge in [-0.1, -0.05) is 12.8 Å². The summed E-state index contributed by atoms with van der Waals surface area (Å²) < 4.78 is 0. The van der Waals surface area contributed by atoms with Gasteiger partial charge in [0, 0.05) is 18.5 Å². The van der Waals surface area contributed by atoms with Gasteiger partial charge in [-0.3, -0.25) is 4.79 Å². The van der Waals surface area contributed by atoms with Crippen molar-refractivity contribution in [2.75, 3.05) is 13.1 Å². The van der Waals surface area contributed by atoms with Crippen LogP contribution in [0.4, 0.5) is 0 Å². The molecule has 1 saturated carbocycles. The molecule has 1 amide bonds. The number of likely N-dealkylation sites (tertiary alicyclic amines) is 1. The van der Waals surface area contributed by atoms with Crippen LogP contribution in [0.5, 0.6) is 0 Å². The maximum atomic E-state index is 12.6. The minimum atomic E-state index is 0.439.